The lowest BCUT2D eigenvalue weighted by molar-refractivity contribution is 0.646. The molecule has 0 radical (unpaired) electrons. The van der Waals surface area contributed by atoms with Crippen molar-refractivity contribution >= 4 is 0 Å². The number of rotatable bonds is 12. The molecule has 120 valence electrons. The Kier molecular flexibility index (Phi) is 10.2. The number of pyridine rings is 1. The third kappa shape index (κ3) is 8.24. The maximum Gasteiger partial charge on any atom is 0.0409 e. The fourth-order valence-corrected chi connectivity index (χ4v) is 2.87. The second-order valence-corrected chi connectivity index (χ2v) is 6.33. The molecule has 0 aliphatic rings. The normalized spacial score (nSPS) is 11.0. The molecule has 1 aromatic heterocycles. The van der Waals surface area contributed by atoms with Gasteiger partial charge in [-0.2, -0.15) is 0 Å². The summed E-state index contributed by atoms with van der Waals surface area (Å²) in [7, 11) is 0. The summed E-state index contributed by atoms with van der Waals surface area (Å²) in [5.41, 5.74) is 4.17. The molecule has 1 heteroatoms. The van der Waals surface area contributed by atoms with Gasteiger partial charge in [0, 0.05) is 11.4 Å². The highest BCUT2D eigenvalue weighted by Crippen LogP contribution is 2.14. The van der Waals surface area contributed by atoms with Crippen LogP contribution in [0.3, 0.4) is 0 Å². The Morgan fingerprint density at radius 3 is 1.57 bits per heavy atom. The first kappa shape index (κ1) is 18.2. The van der Waals surface area contributed by atoms with Crippen LogP contribution >= 0.6 is 0 Å². The molecule has 0 saturated carbocycles. The highest BCUT2D eigenvalue weighted by atomic mass is 14.7. The zero-order valence-electron chi connectivity index (χ0n) is 14.6. The first-order chi connectivity index (χ1) is 10.3. The molecule has 1 nitrogen and oxygen atoms in total. The third-order valence-electron chi connectivity index (χ3n) is 4.10. The predicted molar refractivity (Wildman–Crippen MR) is 93.9 cm³/mol. The number of hydrogen-bond acceptors (Lipinski definition) is 1. The lowest BCUT2D eigenvalue weighted by atomic mass is 10.0. The molecule has 21 heavy (non-hydrogen) atoms. The monoisotopic (exact) mass is 289 g/mol. The second kappa shape index (κ2) is 11.8. The number of unbranched alkanes of at least 4 members (excludes halogenated alkanes) is 6. The summed E-state index contributed by atoms with van der Waals surface area (Å²) in [5, 5.41) is 0. The van der Waals surface area contributed by atoms with Crippen molar-refractivity contribution in [2.75, 3.05) is 0 Å². The second-order valence-electron chi connectivity index (χ2n) is 6.33. The van der Waals surface area contributed by atoms with E-state index in [1.807, 2.05) is 0 Å². The van der Waals surface area contributed by atoms with Gasteiger partial charge in [0.2, 0.25) is 0 Å². The largest absolute Gasteiger partial charge is 0.258 e. The maximum absolute atomic E-state index is 4.91. The SMILES string of the molecule is CCCCCCc1cc(CCC)cc(CCCCCC)n1. The van der Waals surface area contributed by atoms with Crippen molar-refractivity contribution in [3.63, 3.8) is 0 Å². The van der Waals surface area contributed by atoms with E-state index in [2.05, 4.69) is 32.9 Å². The Hall–Kier alpha value is -0.850. The van der Waals surface area contributed by atoms with Crippen molar-refractivity contribution in [1.29, 1.82) is 0 Å². The summed E-state index contributed by atoms with van der Waals surface area (Å²) in [6.45, 7) is 6.81. The molecule has 0 aliphatic carbocycles. The Morgan fingerprint density at radius 2 is 1.14 bits per heavy atom. The highest BCUT2D eigenvalue weighted by Gasteiger charge is 2.03. The number of nitrogens with zero attached hydrogens (tertiary/aromatic N) is 1. The van der Waals surface area contributed by atoms with Gasteiger partial charge in [-0.3, -0.25) is 4.98 Å². The van der Waals surface area contributed by atoms with Gasteiger partial charge in [0.25, 0.3) is 0 Å². The zero-order valence-corrected chi connectivity index (χ0v) is 14.6. The first-order valence-electron chi connectivity index (χ1n) is 9.28. The van der Waals surface area contributed by atoms with E-state index in [1.54, 1.807) is 0 Å². The number of aryl methyl sites for hydroxylation is 3. The molecule has 0 spiro atoms. The van der Waals surface area contributed by atoms with Crippen molar-refractivity contribution in [3.05, 3.63) is 29.1 Å². The average molecular weight is 290 g/mol. The van der Waals surface area contributed by atoms with Crippen LogP contribution in [0.1, 0.15) is 95.5 Å². The first-order valence-corrected chi connectivity index (χ1v) is 9.28. The van der Waals surface area contributed by atoms with E-state index < -0.39 is 0 Å². The van der Waals surface area contributed by atoms with E-state index in [0.29, 0.717) is 0 Å². The van der Waals surface area contributed by atoms with Crippen LogP contribution in [0, 0.1) is 0 Å². The van der Waals surface area contributed by atoms with Crippen molar-refractivity contribution in [1.82, 2.24) is 4.98 Å². The minimum Gasteiger partial charge on any atom is -0.258 e. The molecule has 0 unspecified atom stereocenters. The van der Waals surface area contributed by atoms with Crippen LogP contribution in [0.15, 0.2) is 12.1 Å². The summed E-state index contributed by atoms with van der Waals surface area (Å²) < 4.78 is 0. The van der Waals surface area contributed by atoms with Crippen LogP contribution in [0.2, 0.25) is 0 Å². The lowest BCUT2D eigenvalue weighted by Gasteiger charge is -2.09. The van der Waals surface area contributed by atoms with Crippen LogP contribution < -0.4 is 0 Å². The predicted octanol–water partition coefficient (Wildman–Crippen LogP) is 6.28. The minimum absolute atomic E-state index is 1.17. The van der Waals surface area contributed by atoms with E-state index in [9.17, 15) is 0 Å². The minimum atomic E-state index is 1.17. The van der Waals surface area contributed by atoms with E-state index >= 15 is 0 Å². The van der Waals surface area contributed by atoms with Gasteiger partial charge in [-0.15, -0.1) is 0 Å². The molecule has 0 aliphatic heterocycles. The summed E-state index contributed by atoms with van der Waals surface area (Å²) >= 11 is 0. The van der Waals surface area contributed by atoms with Gasteiger partial charge < -0.3 is 0 Å². The Morgan fingerprint density at radius 1 is 0.619 bits per heavy atom. The van der Waals surface area contributed by atoms with Crippen molar-refractivity contribution in [2.24, 2.45) is 0 Å². The molecule has 0 aromatic carbocycles. The van der Waals surface area contributed by atoms with E-state index in [1.165, 1.54) is 94.0 Å². The van der Waals surface area contributed by atoms with Gasteiger partial charge >= 0.3 is 0 Å². The van der Waals surface area contributed by atoms with Crippen LogP contribution in [0.5, 0.6) is 0 Å². The van der Waals surface area contributed by atoms with Gasteiger partial charge in [-0.1, -0.05) is 65.7 Å². The topological polar surface area (TPSA) is 12.9 Å². The third-order valence-corrected chi connectivity index (χ3v) is 4.10. The molecular formula is C20H35N. The molecule has 1 aromatic rings. The van der Waals surface area contributed by atoms with Gasteiger partial charge in [0.1, 0.15) is 0 Å². The Balaban J connectivity index is 2.56. The zero-order chi connectivity index (χ0) is 15.3. The van der Waals surface area contributed by atoms with E-state index in [0.717, 1.165) is 0 Å². The smallest absolute Gasteiger partial charge is 0.0409 e. The molecule has 0 saturated heterocycles. The molecule has 1 heterocycles. The van der Waals surface area contributed by atoms with Crippen LogP contribution in [0.4, 0.5) is 0 Å². The molecular weight excluding hydrogens is 254 g/mol. The quantitative estimate of drug-likeness (QED) is 0.413. The average Bonchev–Trinajstić information content (AvgIpc) is 2.48. The fourth-order valence-electron chi connectivity index (χ4n) is 2.87. The summed E-state index contributed by atoms with van der Waals surface area (Å²) in [5.74, 6) is 0. The highest BCUT2D eigenvalue weighted by molar-refractivity contribution is 5.22. The van der Waals surface area contributed by atoms with Gasteiger partial charge in [-0.25, -0.2) is 0 Å². The molecule has 0 amide bonds. The summed E-state index contributed by atoms with van der Waals surface area (Å²) in [6.07, 6.45) is 15.4. The van der Waals surface area contributed by atoms with Crippen molar-refractivity contribution < 1.29 is 0 Å². The Labute approximate surface area is 132 Å². The number of hydrogen-bond donors (Lipinski definition) is 0. The van der Waals surface area contributed by atoms with Crippen LogP contribution in [0.25, 0.3) is 0 Å². The standard InChI is InChI=1S/C20H35N/c1-4-7-9-11-14-19-16-18(13-6-3)17-20(21-19)15-12-10-8-5-2/h16-17H,4-15H2,1-3H3. The molecule has 0 bridgehead atoms. The summed E-state index contributed by atoms with van der Waals surface area (Å²) in [6, 6.07) is 4.70. The van der Waals surface area contributed by atoms with Crippen LogP contribution in [-0.4, -0.2) is 4.98 Å². The molecule has 0 fully saturated rings. The maximum atomic E-state index is 4.91. The fraction of sp³-hybridized carbons (Fsp3) is 0.750. The van der Waals surface area contributed by atoms with Gasteiger partial charge in [0.05, 0.1) is 0 Å². The summed E-state index contributed by atoms with van der Waals surface area (Å²) in [4.78, 5) is 4.91. The van der Waals surface area contributed by atoms with Gasteiger partial charge in [-0.05, 0) is 49.8 Å². The van der Waals surface area contributed by atoms with E-state index in [4.69, 9.17) is 4.98 Å². The molecule has 0 N–H and O–H groups in total. The van der Waals surface area contributed by atoms with Crippen LogP contribution in [-0.2, 0) is 19.3 Å². The lowest BCUT2D eigenvalue weighted by Crippen LogP contribution is -2.00. The van der Waals surface area contributed by atoms with Gasteiger partial charge in [0.15, 0.2) is 0 Å². The van der Waals surface area contributed by atoms with Crippen molar-refractivity contribution in [3.8, 4) is 0 Å². The van der Waals surface area contributed by atoms with Crippen molar-refractivity contribution in [2.45, 2.75) is 97.8 Å². The van der Waals surface area contributed by atoms with E-state index in [-0.39, 0.29) is 0 Å². The molecule has 1 rings (SSSR count). The Bertz CT molecular complexity index is 340. The molecule has 0 atom stereocenters. The number of aromatic nitrogens is 1.